The molecule has 0 aromatic carbocycles. The van der Waals surface area contributed by atoms with Crippen LogP contribution in [0.1, 0.15) is 158 Å². The number of unbranched alkanes of at least 4 members (excludes halogenated alkanes) is 11. The lowest BCUT2D eigenvalue weighted by Crippen LogP contribution is -2.49. The molecule has 0 aliphatic carbocycles. The van der Waals surface area contributed by atoms with Crippen LogP contribution >= 0.6 is 0 Å². The van der Waals surface area contributed by atoms with Crippen LogP contribution in [0.25, 0.3) is 0 Å². The Labute approximate surface area is 240 Å². The first-order chi connectivity index (χ1) is 18.5. The summed E-state index contributed by atoms with van der Waals surface area (Å²) in [5.74, 6) is -0.482. The van der Waals surface area contributed by atoms with E-state index in [-0.39, 0.29) is 41.9 Å². The first-order valence-corrected chi connectivity index (χ1v) is 16.2. The van der Waals surface area contributed by atoms with Crippen molar-refractivity contribution in [1.29, 1.82) is 0 Å². The molecule has 1 aliphatic rings. The van der Waals surface area contributed by atoms with Crippen molar-refractivity contribution in [3.63, 3.8) is 0 Å². The number of nitrogens with one attached hydrogen (secondary N) is 1. The number of carbonyl (C=O) groups is 3. The number of carbonyl (C=O) groups excluding carboxylic acids is 3. The highest BCUT2D eigenvalue weighted by Crippen LogP contribution is 2.33. The van der Waals surface area contributed by atoms with Crippen LogP contribution in [0.3, 0.4) is 0 Å². The SMILES string of the molecule is CCCCCCCCCCC[C@H](C[C@H]1OC(=O)[C@@H]1CCCCCC)OC(=O)[C@@H](CC(C)C)NC(=O)C(C)(C)C. The minimum Gasteiger partial charge on any atom is -0.461 e. The van der Waals surface area contributed by atoms with Crippen molar-refractivity contribution in [2.75, 3.05) is 0 Å². The van der Waals surface area contributed by atoms with E-state index in [0.29, 0.717) is 12.8 Å². The Morgan fingerprint density at radius 1 is 0.872 bits per heavy atom. The maximum atomic E-state index is 13.3. The summed E-state index contributed by atoms with van der Waals surface area (Å²) in [6, 6.07) is -0.670. The summed E-state index contributed by atoms with van der Waals surface area (Å²) in [7, 11) is 0. The lowest BCUT2D eigenvalue weighted by Gasteiger charge is -2.37. The summed E-state index contributed by atoms with van der Waals surface area (Å²) in [6.07, 6.45) is 17.8. The quantitative estimate of drug-likeness (QED) is 0.108. The van der Waals surface area contributed by atoms with Gasteiger partial charge in [0.05, 0.1) is 5.92 Å². The van der Waals surface area contributed by atoms with Crippen molar-refractivity contribution in [1.82, 2.24) is 5.32 Å². The smallest absolute Gasteiger partial charge is 0.328 e. The zero-order valence-corrected chi connectivity index (χ0v) is 26.4. The third kappa shape index (κ3) is 15.1. The summed E-state index contributed by atoms with van der Waals surface area (Å²) in [5.41, 5.74) is -0.587. The molecule has 1 heterocycles. The molecule has 39 heavy (non-hydrogen) atoms. The molecule has 1 N–H and O–H groups in total. The van der Waals surface area contributed by atoms with Gasteiger partial charge in [-0.2, -0.15) is 0 Å². The highest BCUT2D eigenvalue weighted by molar-refractivity contribution is 5.87. The van der Waals surface area contributed by atoms with Gasteiger partial charge in [0.1, 0.15) is 18.2 Å². The predicted molar refractivity (Wildman–Crippen MR) is 159 cm³/mol. The molecule has 0 spiro atoms. The fourth-order valence-electron chi connectivity index (χ4n) is 5.18. The van der Waals surface area contributed by atoms with Crippen LogP contribution in [0.15, 0.2) is 0 Å². The van der Waals surface area contributed by atoms with Gasteiger partial charge >= 0.3 is 11.9 Å². The molecule has 1 saturated heterocycles. The van der Waals surface area contributed by atoms with E-state index in [9.17, 15) is 14.4 Å². The molecule has 1 amide bonds. The Bertz CT molecular complexity index is 699. The first kappa shape index (κ1) is 35.4. The van der Waals surface area contributed by atoms with E-state index in [2.05, 4.69) is 19.2 Å². The summed E-state index contributed by atoms with van der Waals surface area (Å²) >= 11 is 0. The number of cyclic esters (lactones) is 1. The molecular weight excluding hydrogens is 490 g/mol. The second-order valence-corrected chi connectivity index (χ2v) is 13.2. The lowest BCUT2D eigenvalue weighted by molar-refractivity contribution is -0.190. The maximum absolute atomic E-state index is 13.3. The number of ether oxygens (including phenoxy) is 2. The third-order valence-corrected chi connectivity index (χ3v) is 7.77. The Balaban J connectivity index is 2.75. The van der Waals surface area contributed by atoms with E-state index < -0.39 is 11.5 Å². The van der Waals surface area contributed by atoms with Crippen LogP contribution in [0.4, 0.5) is 0 Å². The molecule has 0 aromatic heterocycles. The number of amides is 1. The van der Waals surface area contributed by atoms with Crippen LogP contribution in [0, 0.1) is 17.3 Å². The van der Waals surface area contributed by atoms with Crippen molar-refractivity contribution in [3.8, 4) is 0 Å². The van der Waals surface area contributed by atoms with Gasteiger partial charge in [-0.1, -0.05) is 126 Å². The van der Waals surface area contributed by atoms with Gasteiger partial charge in [0.15, 0.2) is 0 Å². The van der Waals surface area contributed by atoms with Crippen LogP contribution in [-0.4, -0.2) is 36.1 Å². The molecular formula is C33H61NO5. The number of esters is 2. The van der Waals surface area contributed by atoms with Crippen molar-refractivity contribution >= 4 is 17.8 Å². The van der Waals surface area contributed by atoms with Crippen LogP contribution in [0.5, 0.6) is 0 Å². The van der Waals surface area contributed by atoms with Crippen molar-refractivity contribution in [2.24, 2.45) is 17.3 Å². The van der Waals surface area contributed by atoms with Crippen LogP contribution in [0.2, 0.25) is 0 Å². The summed E-state index contributed by atoms with van der Waals surface area (Å²) in [4.78, 5) is 38.2. The lowest BCUT2D eigenvalue weighted by atomic mass is 9.86. The Morgan fingerprint density at radius 3 is 1.92 bits per heavy atom. The second kappa shape index (κ2) is 19.5. The predicted octanol–water partition coefficient (Wildman–Crippen LogP) is 8.30. The van der Waals surface area contributed by atoms with Gasteiger partial charge in [-0.05, 0) is 31.6 Å². The van der Waals surface area contributed by atoms with Gasteiger partial charge < -0.3 is 14.8 Å². The van der Waals surface area contributed by atoms with E-state index in [4.69, 9.17) is 9.47 Å². The van der Waals surface area contributed by atoms with Crippen LogP contribution in [-0.2, 0) is 23.9 Å². The average molecular weight is 552 g/mol. The average Bonchev–Trinajstić information content (AvgIpc) is 2.85. The number of rotatable bonds is 22. The standard InChI is InChI=1S/C33H61NO5/c1-8-10-12-14-15-16-17-18-19-21-26(24-29-27(30(35)39-29)22-20-13-11-9-2)38-31(36)28(23-25(3)4)34-32(37)33(5,6)7/h25-29H,8-24H2,1-7H3,(H,34,37)/t26-,27-,28-,29-/m1/s1. The largest absolute Gasteiger partial charge is 0.461 e. The molecule has 1 aliphatic heterocycles. The van der Waals surface area contributed by atoms with E-state index in [0.717, 1.165) is 38.5 Å². The monoisotopic (exact) mass is 551 g/mol. The fourth-order valence-corrected chi connectivity index (χ4v) is 5.18. The van der Waals surface area contributed by atoms with E-state index in [1.54, 1.807) is 0 Å². The Kier molecular flexibility index (Phi) is 17.7. The van der Waals surface area contributed by atoms with Crippen LogP contribution < -0.4 is 5.32 Å². The first-order valence-electron chi connectivity index (χ1n) is 16.2. The Morgan fingerprint density at radius 2 is 1.41 bits per heavy atom. The fraction of sp³-hybridized carbons (Fsp3) is 0.909. The molecule has 6 nitrogen and oxygen atoms in total. The zero-order valence-electron chi connectivity index (χ0n) is 26.4. The van der Waals surface area contributed by atoms with Crippen molar-refractivity contribution in [3.05, 3.63) is 0 Å². The molecule has 0 aromatic rings. The molecule has 4 atom stereocenters. The topological polar surface area (TPSA) is 81.7 Å². The van der Waals surface area contributed by atoms with Gasteiger partial charge in [0, 0.05) is 11.8 Å². The number of hydrogen-bond donors (Lipinski definition) is 1. The molecule has 0 radical (unpaired) electrons. The van der Waals surface area contributed by atoms with Crippen molar-refractivity contribution < 1.29 is 23.9 Å². The zero-order chi connectivity index (χ0) is 29.3. The minimum absolute atomic E-state index is 0.0850. The van der Waals surface area contributed by atoms with E-state index in [1.165, 1.54) is 57.8 Å². The summed E-state index contributed by atoms with van der Waals surface area (Å²) in [6.45, 7) is 14.0. The minimum atomic E-state index is -0.670. The molecule has 1 fully saturated rings. The number of hydrogen-bond acceptors (Lipinski definition) is 5. The van der Waals surface area contributed by atoms with E-state index in [1.807, 2.05) is 34.6 Å². The molecule has 6 heteroatoms. The third-order valence-electron chi connectivity index (χ3n) is 7.77. The highest BCUT2D eigenvalue weighted by atomic mass is 16.6. The summed E-state index contributed by atoms with van der Waals surface area (Å²) < 4.78 is 11.6. The molecule has 0 unspecified atom stereocenters. The van der Waals surface area contributed by atoms with Gasteiger partial charge in [-0.3, -0.25) is 9.59 Å². The van der Waals surface area contributed by atoms with Gasteiger partial charge in [-0.25, -0.2) is 4.79 Å². The second-order valence-electron chi connectivity index (χ2n) is 13.2. The van der Waals surface area contributed by atoms with E-state index >= 15 is 0 Å². The molecule has 228 valence electrons. The highest BCUT2D eigenvalue weighted by Gasteiger charge is 2.43. The Hall–Kier alpha value is -1.59. The summed E-state index contributed by atoms with van der Waals surface area (Å²) in [5, 5.41) is 2.94. The maximum Gasteiger partial charge on any atom is 0.328 e. The molecule has 0 saturated carbocycles. The van der Waals surface area contributed by atoms with Crippen molar-refractivity contribution in [2.45, 2.75) is 176 Å². The normalized spacial score (nSPS) is 18.8. The molecule has 0 bridgehead atoms. The van der Waals surface area contributed by atoms with Gasteiger partial charge in [0.25, 0.3) is 0 Å². The molecule has 1 rings (SSSR count). The van der Waals surface area contributed by atoms with Gasteiger partial charge in [0.2, 0.25) is 5.91 Å². The van der Waals surface area contributed by atoms with Gasteiger partial charge in [-0.15, -0.1) is 0 Å².